The molecule has 4 N–H and O–H groups in total. The largest absolute Gasteiger partial charge is 0.394 e. The van der Waals surface area contributed by atoms with E-state index < -0.39 is 18.7 Å². The molecule has 0 saturated heterocycles. The molecule has 0 aliphatic heterocycles. The zero-order chi connectivity index (χ0) is 17.1. The normalized spacial score (nSPS) is 15.4. The van der Waals surface area contributed by atoms with Crippen LogP contribution in [0.2, 0.25) is 0 Å². The first-order valence-electron chi connectivity index (χ1n) is 7.66. The van der Waals surface area contributed by atoms with Gasteiger partial charge in [-0.05, 0) is 24.7 Å². The van der Waals surface area contributed by atoms with Gasteiger partial charge in [-0.1, -0.05) is 27.7 Å². The zero-order valence-electron chi connectivity index (χ0n) is 13.8. The van der Waals surface area contributed by atoms with E-state index in [2.05, 4.69) is 16.2 Å². The maximum absolute atomic E-state index is 12.2. The van der Waals surface area contributed by atoms with Gasteiger partial charge in [0.05, 0.1) is 12.6 Å². The second-order valence-corrected chi connectivity index (χ2v) is 6.28. The summed E-state index contributed by atoms with van der Waals surface area (Å²) in [4.78, 5) is 33.9. The molecule has 7 nitrogen and oxygen atoms in total. The molecule has 0 spiro atoms. The summed E-state index contributed by atoms with van der Waals surface area (Å²) in [5.74, 6) is 0.200. The third-order valence-corrected chi connectivity index (χ3v) is 3.04. The monoisotopic (exact) mass is 315 g/mol. The SMILES string of the molecule is CC(C)C[C@@H](C=O)NN[C@@H](CC(C)C)C(=O)N[C@H](C=O)CO. The molecule has 0 heterocycles. The highest BCUT2D eigenvalue weighted by Gasteiger charge is 2.23. The summed E-state index contributed by atoms with van der Waals surface area (Å²) in [6, 6.07) is -1.90. The van der Waals surface area contributed by atoms with Gasteiger partial charge in [-0.15, -0.1) is 0 Å². The van der Waals surface area contributed by atoms with Crippen LogP contribution in [0.3, 0.4) is 0 Å². The van der Waals surface area contributed by atoms with Gasteiger partial charge >= 0.3 is 0 Å². The lowest BCUT2D eigenvalue weighted by atomic mass is 10.0. The summed E-state index contributed by atoms with van der Waals surface area (Å²) in [7, 11) is 0. The summed E-state index contributed by atoms with van der Waals surface area (Å²) >= 11 is 0. The van der Waals surface area contributed by atoms with Crippen molar-refractivity contribution < 1.29 is 19.5 Å². The number of amides is 1. The molecule has 7 heteroatoms. The van der Waals surface area contributed by atoms with E-state index in [4.69, 9.17) is 5.11 Å². The highest BCUT2D eigenvalue weighted by atomic mass is 16.3. The van der Waals surface area contributed by atoms with Crippen LogP contribution in [0.5, 0.6) is 0 Å². The molecule has 3 atom stereocenters. The molecular formula is C15H29N3O4. The Hall–Kier alpha value is -1.31. The van der Waals surface area contributed by atoms with Gasteiger partial charge < -0.3 is 20.0 Å². The number of carbonyl (C=O) groups is 3. The lowest BCUT2D eigenvalue weighted by Gasteiger charge is -2.24. The number of nitrogens with one attached hydrogen (secondary N) is 3. The first-order valence-corrected chi connectivity index (χ1v) is 7.66. The molecule has 0 aromatic heterocycles. The molecular weight excluding hydrogens is 286 g/mol. The highest BCUT2D eigenvalue weighted by Crippen LogP contribution is 2.06. The molecule has 128 valence electrons. The van der Waals surface area contributed by atoms with Crippen molar-refractivity contribution in [3.8, 4) is 0 Å². The fourth-order valence-corrected chi connectivity index (χ4v) is 1.97. The van der Waals surface area contributed by atoms with E-state index >= 15 is 0 Å². The number of aliphatic hydroxyl groups is 1. The Kier molecular flexibility index (Phi) is 10.6. The lowest BCUT2D eigenvalue weighted by molar-refractivity contribution is -0.127. The quantitative estimate of drug-likeness (QED) is 0.293. The summed E-state index contributed by atoms with van der Waals surface area (Å²) in [6.45, 7) is 7.51. The van der Waals surface area contributed by atoms with Gasteiger partial charge in [0.2, 0.25) is 5.91 Å². The van der Waals surface area contributed by atoms with Gasteiger partial charge in [-0.25, -0.2) is 10.9 Å². The fraction of sp³-hybridized carbons (Fsp3) is 0.800. The molecule has 0 aliphatic rings. The smallest absolute Gasteiger partial charge is 0.239 e. The second-order valence-electron chi connectivity index (χ2n) is 6.28. The summed E-state index contributed by atoms with van der Waals surface area (Å²) < 4.78 is 0. The van der Waals surface area contributed by atoms with Gasteiger partial charge in [-0.2, -0.15) is 0 Å². The molecule has 0 radical (unpaired) electrons. The van der Waals surface area contributed by atoms with Crippen LogP contribution in [0.25, 0.3) is 0 Å². The number of carbonyl (C=O) groups excluding carboxylic acids is 3. The van der Waals surface area contributed by atoms with Crippen LogP contribution in [-0.4, -0.2) is 48.3 Å². The fourth-order valence-electron chi connectivity index (χ4n) is 1.97. The lowest BCUT2D eigenvalue weighted by Crippen LogP contribution is -2.56. The maximum atomic E-state index is 12.2. The van der Waals surface area contributed by atoms with Gasteiger partial charge in [-0.3, -0.25) is 4.79 Å². The Morgan fingerprint density at radius 2 is 1.50 bits per heavy atom. The predicted molar refractivity (Wildman–Crippen MR) is 83.9 cm³/mol. The van der Waals surface area contributed by atoms with Crippen LogP contribution >= 0.6 is 0 Å². The summed E-state index contributed by atoms with van der Waals surface area (Å²) in [5.41, 5.74) is 5.74. The van der Waals surface area contributed by atoms with E-state index in [1.54, 1.807) is 0 Å². The van der Waals surface area contributed by atoms with E-state index in [1.165, 1.54) is 0 Å². The minimum atomic E-state index is -0.915. The minimum absolute atomic E-state index is 0.244. The molecule has 0 rings (SSSR count). The van der Waals surface area contributed by atoms with E-state index in [1.807, 2.05) is 27.7 Å². The topological polar surface area (TPSA) is 108 Å². The van der Waals surface area contributed by atoms with Gasteiger partial charge in [0.25, 0.3) is 0 Å². The van der Waals surface area contributed by atoms with Crippen molar-refractivity contribution in [1.29, 1.82) is 0 Å². The molecule has 0 aliphatic carbocycles. The number of rotatable bonds is 12. The molecule has 0 fully saturated rings. The van der Waals surface area contributed by atoms with E-state index in [9.17, 15) is 14.4 Å². The van der Waals surface area contributed by atoms with Crippen molar-refractivity contribution in [2.75, 3.05) is 6.61 Å². The Balaban J connectivity index is 4.65. The molecule has 0 unspecified atom stereocenters. The van der Waals surface area contributed by atoms with Crippen LogP contribution in [0.15, 0.2) is 0 Å². The Labute approximate surface area is 132 Å². The molecule has 0 saturated carbocycles. The summed E-state index contributed by atoms with van der Waals surface area (Å²) in [6.07, 6.45) is 2.48. The second kappa shape index (κ2) is 11.3. The van der Waals surface area contributed by atoms with Crippen molar-refractivity contribution in [1.82, 2.24) is 16.2 Å². The van der Waals surface area contributed by atoms with E-state index in [0.717, 1.165) is 6.29 Å². The maximum Gasteiger partial charge on any atom is 0.239 e. The minimum Gasteiger partial charge on any atom is -0.394 e. The Morgan fingerprint density at radius 1 is 0.955 bits per heavy atom. The van der Waals surface area contributed by atoms with Crippen LogP contribution in [-0.2, 0) is 14.4 Å². The average molecular weight is 315 g/mol. The van der Waals surface area contributed by atoms with E-state index in [0.29, 0.717) is 25.0 Å². The number of aliphatic hydroxyl groups excluding tert-OH is 1. The third kappa shape index (κ3) is 8.86. The Morgan fingerprint density at radius 3 is 1.91 bits per heavy atom. The zero-order valence-corrected chi connectivity index (χ0v) is 13.8. The third-order valence-electron chi connectivity index (χ3n) is 3.04. The van der Waals surface area contributed by atoms with Gasteiger partial charge in [0.1, 0.15) is 24.7 Å². The molecule has 0 aromatic rings. The molecule has 0 aromatic carbocycles. The number of hydrogen-bond donors (Lipinski definition) is 4. The predicted octanol–water partition coefficient (Wildman–Crippen LogP) is -0.215. The van der Waals surface area contributed by atoms with Gasteiger partial charge in [0.15, 0.2) is 0 Å². The van der Waals surface area contributed by atoms with Crippen molar-refractivity contribution in [3.05, 3.63) is 0 Å². The van der Waals surface area contributed by atoms with Crippen molar-refractivity contribution in [2.45, 2.75) is 58.7 Å². The number of hydrogen-bond acceptors (Lipinski definition) is 6. The average Bonchev–Trinajstić information content (AvgIpc) is 2.46. The van der Waals surface area contributed by atoms with Crippen molar-refractivity contribution in [2.24, 2.45) is 11.8 Å². The molecule has 0 bridgehead atoms. The first kappa shape index (κ1) is 20.7. The van der Waals surface area contributed by atoms with Gasteiger partial charge in [0, 0.05) is 0 Å². The summed E-state index contributed by atoms with van der Waals surface area (Å²) in [5, 5.41) is 11.4. The first-order chi connectivity index (χ1) is 10.3. The van der Waals surface area contributed by atoms with Crippen LogP contribution in [0.1, 0.15) is 40.5 Å². The number of hydrazine groups is 1. The van der Waals surface area contributed by atoms with Crippen LogP contribution < -0.4 is 16.2 Å². The standard InChI is InChI=1S/C15H29N3O4/c1-10(2)5-12(7-19)17-18-14(6-11(3)4)15(22)16-13(8-20)9-21/h7-8,10-14,17-18,21H,5-6,9H2,1-4H3,(H,16,22)/t12-,13+,14-/m0/s1. The molecule has 1 amide bonds. The van der Waals surface area contributed by atoms with Crippen molar-refractivity contribution >= 4 is 18.5 Å². The van der Waals surface area contributed by atoms with Crippen LogP contribution in [0, 0.1) is 11.8 Å². The molecule has 22 heavy (non-hydrogen) atoms. The van der Waals surface area contributed by atoms with Crippen molar-refractivity contribution in [3.63, 3.8) is 0 Å². The van der Waals surface area contributed by atoms with Crippen LogP contribution in [0.4, 0.5) is 0 Å². The van der Waals surface area contributed by atoms with E-state index in [-0.39, 0.29) is 17.9 Å². The number of aldehydes is 2. The Bertz CT molecular complexity index is 348. The highest BCUT2D eigenvalue weighted by molar-refractivity contribution is 5.84.